The lowest BCUT2D eigenvalue weighted by molar-refractivity contribution is -0.130. The molecule has 0 unspecified atom stereocenters. The van der Waals surface area contributed by atoms with Crippen molar-refractivity contribution in [3.05, 3.63) is 70.2 Å². The second kappa shape index (κ2) is 16.1. The van der Waals surface area contributed by atoms with Crippen molar-refractivity contribution in [2.45, 2.75) is 70.5 Å². The van der Waals surface area contributed by atoms with Crippen molar-refractivity contribution in [3.63, 3.8) is 0 Å². The highest BCUT2D eigenvalue weighted by Crippen LogP contribution is 2.42. The first-order valence-corrected chi connectivity index (χ1v) is 17.7. The highest BCUT2D eigenvalue weighted by atomic mass is 35.5. The molecule has 2 N–H and O–H groups in total. The molecule has 11 nitrogen and oxygen atoms in total. The summed E-state index contributed by atoms with van der Waals surface area (Å²) in [5, 5.41) is 7.51. The third kappa shape index (κ3) is 8.01. The molecule has 0 aliphatic carbocycles. The van der Waals surface area contributed by atoms with Gasteiger partial charge in [0.1, 0.15) is 11.4 Å². The molecule has 4 aromatic rings. The number of benzene rings is 2. The molecule has 262 valence electrons. The molecule has 2 aliphatic heterocycles. The molecule has 50 heavy (non-hydrogen) atoms. The Hall–Kier alpha value is -4.32. The molecule has 13 heteroatoms. The number of nitrogens with one attached hydrogen (secondary N) is 2. The maximum Gasteiger partial charge on any atom is 0.237 e. The fraction of sp³-hybridized carbons (Fsp3) is 0.405. The van der Waals surface area contributed by atoms with Gasteiger partial charge in [-0.2, -0.15) is 0 Å². The van der Waals surface area contributed by atoms with E-state index in [0.29, 0.717) is 69.4 Å². The van der Waals surface area contributed by atoms with E-state index in [0.717, 1.165) is 62.0 Å². The van der Waals surface area contributed by atoms with Crippen LogP contribution >= 0.6 is 23.2 Å². The number of halogens is 2. The van der Waals surface area contributed by atoms with Crippen LogP contribution in [0.1, 0.15) is 56.8 Å². The van der Waals surface area contributed by atoms with Crippen LogP contribution in [0.5, 0.6) is 11.8 Å². The van der Waals surface area contributed by atoms with E-state index >= 15 is 0 Å². The minimum absolute atomic E-state index is 0.115. The second-order valence-electron chi connectivity index (χ2n) is 12.6. The Balaban J connectivity index is 1.19. The van der Waals surface area contributed by atoms with Gasteiger partial charge in [-0.15, -0.1) is 0 Å². The van der Waals surface area contributed by atoms with Crippen LogP contribution in [-0.2, 0) is 22.6 Å². The van der Waals surface area contributed by atoms with Crippen LogP contribution in [0.3, 0.4) is 0 Å². The molecule has 2 amide bonds. The molecule has 4 heterocycles. The van der Waals surface area contributed by atoms with Gasteiger partial charge in [-0.05, 0) is 38.5 Å². The van der Waals surface area contributed by atoms with Crippen molar-refractivity contribution in [1.82, 2.24) is 35.5 Å². The number of carbonyl (C=O) groups is 2. The summed E-state index contributed by atoms with van der Waals surface area (Å²) in [7, 11) is 3.16. The van der Waals surface area contributed by atoms with Gasteiger partial charge in [-0.3, -0.25) is 19.6 Å². The zero-order valence-electron chi connectivity index (χ0n) is 28.5. The van der Waals surface area contributed by atoms with Gasteiger partial charge in [0.2, 0.25) is 23.6 Å². The summed E-state index contributed by atoms with van der Waals surface area (Å²) in [5.41, 5.74) is 5.46. The average Bonchev–Trinajstić information content (AvgIpc) is 3.55. The monoisotopic (exact) mass is 717 g/mol. The SMILES string of the molecule is COc1nc(-c2cccc(-c3cccc(-c4cnc(CNC5CCN(C(C)=O)CC5)c(OC)n4)c3Cl)c2Cl)cnc1CCC[C@H]1CCC(=O)N1. The number of ether oxygens (including phenoxy) is 2. The number of hydrogen-bond acceptors (Lipinski definition) is 9. The summed E-state index contributed by atoms with van der Waals surface area (Å²) in [6, 6.07) is 11.9. The number of methoxy groups -OCH3 is 2. The zero-order valence-corrected chi connectivity index (χ0v) is 30.0. The van der Waals surface area contributed by atoms with Crippen molar-refractivity contribution in [2.75, 3.05) is 27.3 Å². The molecule has 6 rings (SSSR count). The average molecular weight is 719 g/mol. The molecule has 2 aromatic carbocycles. The summed E-state index contributed by atoms with van der Waals surface area (Å²) in [6.45, 7) is 3.59. The number of carbonyl (C=O) groups excluding carboxylic acids is 2. The van der Waals surface area contributed by atoms with E-state index < -0.39 is 0 Å². The van der Waals surface area contributed by atoms with E-state index in [1.54, 1.807) is 33.5 Å². The zero-order chi connectivity index (χ0) is 35.2. The Morgan fingerprint density at radius 1 is 0.880 bits per heavy atom. The Morgan fingerprint density at radius 3 is 1.98 bits per heavy atom. The predicted octanol–water partition coefficient (Wildman–Crippen LogP) is 6.29. The standard InChI is InChI=1S/C37H41Cl2N7O4/c1-22(47)46-17-15-23(16-18-46)40-21-32-37(50-3)45-31(20-42-32)28-11-6-9-26(35(28)39)25-8-5-10-27(34(25)38)30-19-41-29(36(44-30)49-2)12-4-7-24-13-14-33(48)43-24/h5-6,8-11,19-20,23-24,40H,4,7,12-18,21H2,1-3H3,(H,43,48)/t24-/m0/s1. The lowest BCUT2D eigenvalue weighted by Gasteiger charge is -2.31. The number of aromatic nitrogens is 4. The van der Waals surface area contributed by atoms with Crippen molar-refractivity contribution >= 4 is 35.0 Å². The van der Waals surface area contributed by atoms with E-state index in [2.05, 4.69) is 15.6 Å². The fourth-order valence-electron chi connectivity index (χ4n) is 6.60. The van der Waals surface area contributed by atoms with Gasteiger partial charge in [-0.25, -0.2) is 9.97 Å². The third-order valence-corrected chi connectivity index (χ3v) is 10.2. The van der Waals surface area contributed by atoms with Crippen LogP contribution in [-0.4, -0.2) is 76.0 Å². The molecule has 2 saturated heterocycles. The summed E-state index contributed by atoms with van der Waals surface area (Å²) >= 11 is 14.1. The maximum atomic E-state index is 11.7. The quantitative estimate of drug-likeness (QED) is 0.174. The molecule has 0 spiro atoms. The molecule has 0 saturated carbocycles. The Labute approximate surface area is 302 Å². The molecule has 0 radical (unpaired) electrons. The number of hydrogen-bond donors (Lipinski definition) is 2. The van der Waals surface area contributed by atoms with E-state index in [1.165, 1.54) is 0 Å². The first kappa shape index (κ1) is 35.5. The van der Waals surface area contributed by atoms with Crippen LogP contribution in [0.25, 0.3) is 33.6 Å². The number of amides is 2. The second-order valence-corrected chi connectivity index (χ2v) is 13.4. The van der Waals surface area contributed by atoms with Crippen LogP contribution in [0.4, 0.5) is 0 Å². The highest BCUT2D eigenvalue weighted by Gasteiger charge is 2.23. The van der Waals surface area contributed by atoms with Gasteiger partial charge < -0.3 is 25.0 Å². The smallest absolute Gasteiger partial charge is 0.237 e. The number of nitrogens with zero attached hydrogens (tertiary/aromatic N) is 5. The minimum atomic E-state index is 0.115. The van der Waals surface area contributed by atoms with Crippen LogP contribution < -0.4 is 20.1 Å². The molecule has 0 bridgehead atoms. The first-order chi connectivity index (χ1) is 24.2. The van der Waals surface area contributed by atoms with E-state index in [9.17, 15) is 9.59 Å². The number of rotatable bonds is 12. The lowest BCUT2D eigenvalue weighted by Crippen LogP contribution is -2.44. The summed E-state index contributed by atoms with van der Waals surface area (Å²) in [4.78, 5) is 44.0. The summed E-state index contributed by atoms with van der Waals surface area (Å²) in [5.74, 6) is 1.10. The molecular formula is C37H41Cl2N7O4. The van der Waals surface area contributed by atoms with Crippen molar-refractivity contribution in [3.8, 4) is 45.4 Å². The summed E-state index contributed by atoms with van der Waals surface area (Å²) in [6.07, 6.45) is 9.08. The number of likely N-dealkylation sites (tertiary alicyclic amines) is 1. The molecule has 2 fully saturated rings. The molecule has 1 atom stereocenters. The van der Waals surface area contributed by atoms with Crippen molar-refractivity contribution in [1.29, 1.82) is 0 Å². The third-order valence-electron chi connectivity index (χ3n) is 9.40. The molecule has 2 aliphatic rings. The first-order valence-electron chi connectivity index (χ1n) is 16.9. The topological polar surface area (TPSA) is 131 Å². The van der Waals surface area contributed by atoms with Crippen LogP contribution in [0.15, 0.2) is 48.8 Å². The molecular weight excluding hydrogens is 677 g/mol. The Kier molecular flexibility index (Phi) is 11.5. The normalized spacial score (nSPS) is 16.4. The lowest BCUT2D eigenvalue weighted by atomic mass is 9.98. The van der Waals surface area contributed by atoms with Gasteiger partial charge in [0, 0.05) is 67.3 Å². The molecule has 2 aromatic heterocycles. The fourth-order valence-corrected chi connectivity index (χ4v) is 7.25. The Bertz CT molecular complexity index is 1870. The van der Waals surface area contributed by atoms with Gasteiger partial charge in [0.25, 0.3) is 0 Å². The number of aryl methyl sites for hydroxylation is 1. The van der Waals surface area contributed by atoms with E-state index in [1.807, 2.05) is 41.3 Å². The maximum absolute atomic E-state index is 11.7. The largest absolute Gasteiger partial charge is 0.480 e. The van der Waals surface area contributed by atoms with Crippen LogP contribution in [0.2, 0.25) is 10.0 Å². The van der Waals surface area contributed by atoms with Gasteiger partial charge >= 0.3 is 0 Å². The van der Waals surface area contributed by atoms with Gasteiger partial charge in [0.05, 0.1) is 48.0 Å². The van der Waals surface area contributed by atoms with Gasteiger partial charge in [-0.1, -0.05) is 59.6 Å². The van der Waals surface area contributed by atoms with E-state index in [-0.39, 0.29) is 23.9 Å². The van der Waals surface area contributed by atoms with E-state index in [4.69, 9.17) is 47.6 Å². The van der Waals surface area contributed by atoms with Crippen molar-refractivity contribution in [2.24, 2.45) is 0 Å². The predicted molar refractivity (Wildman–Crippen MR) is 193 cm³/mol. The number of piperidine rings is 1. The summed E-state index contributed by atoms with van der Waals surface area (Å²) < 4.78 is 11.3. The Morgan fingerprint density at radius 2 is 1.44 bits per heavy atom. The van der Waals surface area contributed by atoms with Crippen molar-refractivity contribution < 1.29 is 19.1 Å². The highest BCUT2D eigenvalue weighted by molar-refractivity contribution is 6.39. The minimum Gasteiger partial charge on any atom is -0.480 e. The van der Waals surface area contributed by atoms with Crippen LogP contribution in [0, 0.1) is 0 Å². The van der Waals surface area contributed by atoms with Gasteiger partial charge in [0.15, 0.2) is 0 Å².